The third-order valence-electron chi connectivity index (χ3n) is 2.16. The molecule has 0 heterocycles. The topological polar surface area (TPSA) is 46.5 Å². The van der Waals surface area contributed by atoms with Gasteiger partial charge in [-0.1, -0.05) is 12.1 Å². The number of carboxylic acid groups (broad SMARTS) is 1. The molecule has 17 heavy (non-hydrogen) atoms. The Bertz CT molecular complexity index is 535. The van der Waals surface area contributed by atoms with Gasteiger partial charge in [-0.05, 0) is 59.0 Å². The number of ether oxygens (including phenoxy) is 1. The zero-order valence-corrected chi connectivity index (χ0v) is 10.9. The number of carbonyl (C=O) groups is 1. The molecule has 2 aromatic carbocycles. The minimum Gasteiger partial charge on any atom is -0.478 e. The quantitative estimate of drug-likeness (QED) is 0.865. The van der Waals surface area contributed by atoms with Crippen LogP contribution in [0.3, 0.4) is 0 Å². The van der Waals surface area contributed by atoms with Gasteiger partial charge < -0.3 is 9.84 Å². The Morgan fingerprint density at radius 3 is 2.35 bits per heavy atom. The Balaban J connectivity index is 2.30. The molecule has 0 atom stereocenters. The highest BCUT2D eigenvalue weighted by molar-refractivity contribution is 14.1. The fraction of sp³-hybridized carbons (Fsp3) is 0. The molecule has 86 valence electrons. The van der Waals surface area contributed by atoms with Crippen molar-refractivity contribution in [3.05, 3.63) is 57.7 Å². The summed E-state index contributed by atoms with van der Waals surface area (Å²) in [6, 6.07) is 14.0. The summed E-state index contributed by atoms with van der Waals surface area (Å²) in [5, 5.41) is 9.01. The molecule has 0 fully saturated rings. The van der Waals surface area contributed by atoms with Gasteiger partial charge in [0.2, 0.25) is 0 Å². The van der Waals surface area contributed by atoms with Crippen LogP contribution >= 0.6 is 22.6 Å². The average molecular weight is 340 g/mol. The Kier molecular flexibility index (Phi) is 3.63. The van der Waals surface area contributed by atoms with Crippen molar-refractivity contribution in [2.75, 3.05) is 0 Å². The third-order valence-corrected chi connectivity index (χ3v) is 2.88. The standard InChI is InChI=1S/C13H9IO3/c14-9-5-7-10(8-6-9)17-12-4-2-1-3-11(12)13(15)16/h1-8H,(H,15,16). The van der Waals surface area contributed by atoms with Crippen molar-refractivity contribution in [3.8, 4) is 11.5 Å². The van der Waals surface area contributed by atoms with Gasteiger partial charge in [0.25, 0.3) is 0 Å². The second-order valence-electron chi connectivity index (χ2n) is 3.36. The van der Waals surface area contributed by atoms with E-state index in [9.17, 15) is 4.79 Å². The molecule has 0 aliphatic heterocycles. The number of halogens is 1. The van der Waals surface area contributed by atoms with Crippen LogP contribution in [0.1, 0.15) is 10.4 Å². The van der Waals surface area contributed by atoms with E-state index in [1.165, 1.54) is 6.07 Å². The molecule has 0 bridgehead atoms. The molecular weight excluding hydrogens is 331 g/mol. The summed E-state index contributed by atoms with van der Waals surface area (Å²) in [5.74, 6) is -0.0218. The largest absolute Gasteiger partial charge is 0.478 e. The average Bonchev–Trinajstić information content (AvgIpc) is 2.32. The van der Waals surface area contributed by atoms with E-state index in [1.54, 1.807) is 30.3 Å². The predicted molar refractivity (Wildman–Crippen MR) is 72.6 cm³/mol. The smallest absolute Gasteiger partial charge is 0.339 e. The lowest BCUT2D eigenvalue weighted by atomic mass is 10.2. The molecule has 0 aromatic heterocycles. The number of rotatable bonds is 3. The van der Waals surface area contributed by atoms with Crippen molar-refractivity contribution >= 4 is 28.6 Å². The van der Waals surface area contributed by atoms with Crippen molar-refractivity contribution < 1.29 is 14.6 Å². The van der Waals surface area contributed by atoms with Gasteiger partial charge in [0.05, 0.1) is 0 Å². The zero-order chi connectivity index (χ0) is 12.3. The van der Waals surface area contributed by atoms with Gasteiger partial charge in [0.15, 0.2) is 0 Å². The SMILES string of the molecule is O=C(O)c1ccccc1Oc1ccc(I)cc1. The molecule has 1 N–H and O–H groups in total. The summed E-state index contributed by atoms with van der Waals surface area (Å²) in [6.45, 7) is 0. The Labute approximate surface area is 112 Å². The van der Waals surface area contributed by atoms with Crippen LogP contribution in [-0.2, 0) is 0 Å². The Morgan fingerprint density at radius 2 is 1.71 bits per heavy atom. The second-order valence-corrected chi connectivity index (χ2v) is 4.60. The maximum atomic E-state index is 11.0. The van der Waals surface area contributed by atoms with Crippen molar-refractivity contribution in [1.29, 1.82) is 0 Å². The normalized spacial score (nSPS) is 9.94. The minimum absolute atomic E-state index is 0.158. The van der Waals surface area contributed by atoms with Crippen LogP contribution in [-0.4, -0.2) is 11.1 Å². The molecule has 0 saturated heterocycles. The summed E-state index contributed by atoms with van der Waals surface area (Å²) in [7, 11) is 0. The van der Waals surface area contributed by atoms with E-state index in [1.807, 2.05) is 12.1 Å². The summed E-state index contributed by atoms with van der Waals surface area (Å²) in [4.78, 5) is 11.0. The molecule has 0 unspecified atom stereocenters. The Morgan fingerprint density at radius 1 is 1.06 bits per heavy atom. The lowest BCUT2D eigenvalue weighted by Gasteiger charge is -2.08. The van der Waals surface area contributed by atoms with Crippen LogP contribution in [0.25, 0.3) is 0 Å². The van der Waals surface area contributed by atoms with Gasteiger partial charge in [0, 0.05) is 3.57 Å². The second kappa shape index (κ2) is 5.18. The number of carboxylic acids is 1. The molecule has 0 aliphatic carbocycles. The highest BCUT2D eigenvalue weighted by Gasteiger charge is 2.10. The molecule has 0 saturated carbocycles. The molecular formula is C13H9IO3. The maximum absolute atomic E-state index is 11.0. The minimum atomic E-state index is -0.994. The first kappa shape index (κ1) is 11.9. The molecule has 0 amide bonds. The Hall–Kier alpha value is -1.56. The van der Waals surface area contributed by atoms with Crippen LogP contribution < -0.4 is 4.74 Å². The molecule has 2 rings (SSSR count). The number of hydrogen-bond donors (Lipinski definition) is 1. The zero-order valence-electron chi connectivity index (χ0n) is 8.76. The van der Waals surface area contributed by atoms with Crippen molar-refractivity contribution in [1.82, 2.24) is 0 Å². The van der Waals surface area contributed by atoms with Crippen LogP contribution in [0, 0.1) is 3.57 Å². The van der Waals surface area contributed by atoms with Gasteiger partial charge >= 0.3 is 5.97 Å². The van der Waals surface area contributed by atoms with Crippen molar-refractivity contribution in [3.63, 3.8) is 0 Å². The number of benzene rings is 2. The van der Waals surface area contributed by atoms with Crippen LogP contribution in [0.15, 0.2) is 48.5 Å². The van der Waals surface area contributed by atoms with E-state index < -0.39 is 5.97 Å². The van der Waals surface area contributed by atoms with Crippen LogP contribution in [0.5, 0.6) is 11.5 Å². The van der Waals surface area contributed by atoms with E-state index in [2.05, 4.69) is 22.6 Å². The van der Waals surface area contributed by atoms with Gasteiger partial charge in [-0.3, -0.25) is 0 Å². The fourth-order valence-corrected chi connectivity index (χ4v) is 1.72. The third kappa shape index (κ3) is 2.97. The number of para-hydroxylation sites is 1. The number of hydrogen-bond acceptors (Lipinski definition) is 2. The lowest BCUT2D eigenvalue weighted by molar-refractivity contribution is 0.0694. The highest BCUT2D eigenvalue weighted by Crippen LogP contribution is 2.25. The molecule has 0 radical (unpaired) electrons. The monoisotopic (exact) mass is 340 g/mol. The van der Waals surface area contributed by atoms with Gasteiger partial charge in [-0.15, -0.1) is 0 Å². The first-order chi connectivity index (χ1) is 8.16. The first-order valence-corrected chi connectivity index (χ1v) is 6.00. The summed E-state index contributed by atoms with van der Waals surface area (Å²) >= 11 is 2.20. The van der Waals surface area contributed by atoms with E-state index in [4.69, 9.17) is 9.84 Å². The molecule has 4 heteroatoms. The summed E-state index contributed by atoms with van der Waals surface area (Å²) in [6.07, 6.45) is 0. The summed E-state index contributed by atoms with van der Waals surface area (Å²) < 4.78 is 6.64. The van der Waals surface area contributed by atoms with E-state index >= 15 is 0 Å². The van der Waals surface area contributed by atoms with E-state index in [-0.39, 0.29) is 5.56 Å². The van der Waals surface area contributed by atoms with E-state index in [0.717, 1.165) is 3.57 Å². The van der Waals surface area contributed by atoms with Crippen molar-refractivity contribution in [2.45, 2.75) is 0 Å². The van der Waals surface area contributed by atoms with E-state index in [0.29, 0.717) is 11.5 Å². The first-order valence-electron chi connectivity index (χ1n) is 4.92. The predicted octanol–water partition coefficient (Wildman–Crippen LogP) is 3.78. The highest BCUT2D eigenvalue weighted by atomic mass is 127. The molecule has 3 nitrogen and oxygen atoms in total. The fourth-order valence-electron chi connectivity index (χ4n) is 1.36. The summed E-state index contributed by atoms with van der Waals surface area (Å²) in [5.41, 5.74) is 0.158. The van der Waals surface area contributed by atoms with Crippen molar-refractivity contribution in [2.24, 2.45) is 0 Å². The van der Waals surface area contributed by atoms with Crippen LogP contribution in [0.2, 0.25) is 0 Å². The van der Waals surface area contributed by atoms with Gasteiger partial charge in [-0.25, -0.2) is 4.79 Å². The molecule has 2 aromatic rings. The van der Waals surface area contributed by atoms with Crippen LogP contribution in [0.4, 0.5) is 0 Å². The lowest BCUT2D eigenvalue weighted by Crippen LogP contribution is -1.99. The van der Waals surface area contributed by atoms with Gasteiger partial charge in [-0.2, -0.15) is 0 Å². The molecule has 0 aliphatic rings. The number of aromatic carboxylic acids is 1. The molecule has 0 spiro atoms. The maximum Gasteiger partial charge on any atom is 0.339 e. The van der Waals surface area contributed by atoms with Gasteiger partial charge in [0.1, 0.15) is 17.1 Å².